The fourth-order valence-electron chi connectivity index (χ4n) is 2.54. The number of hydrogen-bond donors (Lipinski definition) is 1. The first kappa shape index (κ1) is 16.2. The minimum atomic E-state index is -3.69. The number of amides is 1. The number of hydrogen-bond acceptors (Lipinski definition) is 3. The molecule has 0 saturated heterocycles. The molecule has 1 N–H and O–H groups in total. The van der Waals surface area contributed by atoms with E-state index < -0.39 is 21.5 Å². The zero-order valence-electron chi connectivity index (χ0n) is 13.2. The Bertz CT molecular complexity index is 1010. The van der Waals surface area contributed by atoms with Crippen LogP contribution in [0.4, 0.5) is 5.69 Å². The highest BCUT2D eigenvalue weighted by molar-refractivity contribution is 7.92. The van der Waals surface area contributed by atoms with E-state index in [1.165, 1.54) is 6.07 Å². The molecule has 0 radical (unpaired) electrons. The third-order valence-corrected chi connectivity index (χ3v) is 5.32. The zero-order valence-corrected chi connectivity index (χ0v) is 14.0. The third-order valence-electron chi connectivity index (χ3n) is 3.70. The van der Waals surface area contributed by atoms with Crippen molar-refractivity contribution in [1.29, 1.82) is 0 Å². The lowest BCUT2D eigenvalue weighted by atomic mass is 10.1. The van der Waals surface area contributed by atoms with Gasteiger partial charge in [0.05, 0.1) is 4.90 Å². The number of fused-ring (bicyclic) bond motifs is 1. The Labute approximate surface area is 141 Å². The molecule has 24 heavy (non-hydrogen) atoms. The zero-order chi connectivity index (χ0) is 17.2. The highest BCUT2D eigenvalue weighted by Crippen LogP contribution is 2.20. The van der Waals surface area contributed by atoms with Crippen LogP contribution in [0.15, 0.2) is 71.6 Å². The summed E-state index contributed by atoms with van der Waals surface area (Å²) in [4.78, 5) is 12.2. The van der Waals surface area contributed by atoms with Crippen molar-refractivity contribution in [1.82, 2.24) is 0 Å². The molecule has 0 aliphatic heterocycles. The molecule has 0 aromatic heterocycles. The van der Waals surface area contributed by atoms with E-state index in [9.17, 15) is 13.2 Å². The van der Waals surface area contributed by atoms with E-state index in [-0.39, 0.29) is 4.90 Å². The first-order valence-corrected chi connectivity index (χ1v) is 9.17. The van der Waals surface area contributed by atoms with Gasteiger partial charge in [0.2, 0.25) is 5.91 Å². The Morgan fingerprint density at radius 3 is 2.42 bits per heavy atom. The Kier molecular flexibility index (Phi) is 4.36. The summed E-state index contributed by atoms with van der Waals surface area (Å²) < 4.78 is 25.0. The van der Waals surface area contributed by atoms with Crippen LogP contribution in [0.5, 0.6) is 0 Å². The van der Waals surface area contributed by atoms with Crippen LogP contribution < -0.4 is 5.32 Å². The van der Waals surface area contributed by atoms with Crippen molar-refractivity contribution in [2.75, 3.05) is 11.1 Å². The minimum Gasteiger partial charge on any atom is -0.325 e. The van der Waals surface area contributed by atoms with Crippen LogP contribution in [0, 0.1) is 6.92 Å². The molecule has 0 saturated carbocycles. The molecular weight excluding hydrogens is 322 g/mol. The van der Waals surface area contributed by atoms with Crippen LogP contribution in [-0.4, -0.2) is 20.1 Å². The predicted octanol–water partition coefficient (Wildman–Crippen LogP) is 3.56. The van der Waals surface area contributed by atoms with Gasteiger partial charge >= 0.3 is 0 Å². The van der Waals surface area contributed by atoms with E-state index in [2.05, 4.69) is 5.32 Å². The van der Waals surface area contributed by atoms with E-state index in [0.717, 1.165) is 16.3 Å². The molecule has 122 valence electrons. The third kappa shape index (κ3) is 3.63. The molecule has 0 aliphatic rings. The van der Waals surface area contributed by atoms with E-state index in [1.54, 1.807) is 24.3 Å². The van der Waals surface area contributed by atoms with E-state index in [1.807, 2.05) is 43.3 Å². The van der Waals surface area contributed by atoms with Gasteiger partial charge in [0.15, 0.2) is 9.84 Å². The standard InChI is InChI=1S/C19H17NO3S/c1-14-5-4-8-17(11-14)20-19(21)13-24(22,23)18-10-9-15-6-2-3-7-16(15)12-18/h2-12H,13H2,1H3,(H,20,21). The van der Waals surface area contributed by atoms with Gasteiger partial charge in [-0.1, -0.05) is 42.5 Å². The van der Waals surface area contributed by atoms with E-state index in [4.69, 9.17) is 0 Å². The largest absolute Gasteiger partial charge is 0.325 e. The fourth-order valence-corrected chi connectivity index (χ4v) is 3.70. The quantitative estimate of drug-likeness (QED) is 0.790. The molecule has 3 aromatic rings. The summed E-state index contributed by atoms with van der Waals surface area (Å²) in [5.41, 5.74) is 1.58. The van der Waals surface area contributed by atoms with Gasteiger partial charge in [0.25, 0.3) is 0 Å². The molecule has 0 bridgehead atoms. The maximum absolute atomic E-state index is 12.5. The number of anilines is 1. The maximum atomic E-state index is 12.5. The molecule has 3 rings (SSSR count). The summed E-state index contributed by atoms with van der Waals surface area (Å²) in [5.74, 6) is -1.13. The predicted molar refractivity (Wildman–Crippen MR) is 95.8 cm³/mol. The molecule has 3 aromatic carbocycles. The molecule has 0 fully saturated rings. The van der Waals surface area contributed by atoms with Gasteiger partial charge in [-0.2, -0.15) is 0 Å². The Balaban J connectivity index is 1.80. The van der Waals surface area contributed by atoms with Gasteiger partial charge in [-0.15, -0.1) is 0 Å². The Morgan fingerprint density at radius 1 is 0.917 bits per heavy atom. The van der Waals surface area contributed by atoms with Crippen molar-refractivity contribution in [2.45, 2.75) is 11.8 Å². The molecule has 1 amide bonds. The lowest BCUT2D eigenvalue weighted by Crippen LogP contribution is -2.23. The number of carbonyl (C=O) groups excluding carboxylic acids is 1. The highest BCUT2D eigenvalue weighted by atomic mass is 32.2. The number of benzene rings is 3. The smallest absolute Gasteiger partial charge is 0.239 e. The lowest BCUT2D eigenvalue weighted by molar-refractivity contribution is -0.113. The SMILES string of the molecule is Cc1cccc(NC(=O)CS(=O)(=O)c2ccc3ccccc3c2)c1. The van der Waals surface area contributed by atoms with Crippen LogP contribution >= 0.6 is 0 Å². The molecule has 0 heterocycles. The number of sulfone groups is 1. The molecule has 0 atom stereocenters. The molecule has 4 nitrogen and oxygen atoms in total. The van der Waals surface area contributed by atoms with Gasteiger partial charge in [0.1, 0.15) is 5.75 Å². The molecule has 0 spiro atoms. The average molecular weight is 339 g/mol. The van der Waals surface area contributed by atoms with Gasteiger partial charge in [-0.05, 0) is 47.5 Å². The van der Waals surface area contributed by atoms with Crippen LogP contribution in [-0.2, 0) is 14.6 Å². The first-order chi connectivity index (χ1) is 11.4. The van der Waals surface area contributed by atoms with Crippen molar-refractivity contribution >= 4 is 32.2 Å². The second-order valence-corrected chi connectivity index (χ2v) is 7.68. The first-order valence-electron chi connectivity index (χ1n) is 7.52. The van der Waals surface area contributed by atoms with Crippen LogP contribution in [0.1, 0.15) is 5.56 Å². The van der Waals surface area contributed by atoms with Crippen molar-refractivity contribution < 1.29 is 13.2 Å². The lowest BCUT2D eigenvalue weighted by Gasteiger charge is -2.08. The van der Waals surface area contributed by atoms with Crippen LogP contribution in [0.25, 0.3) is 10.8 Å². The molecular formula is C19H17NO3S. The average Bonchev–Trinajstić information content (AvgIpc) is 2.53. The summed E-state index contributed by atoms with van der Waals surface area (Å²) in [7, 11) is -3.69. The molecule has 5 heteroatoms. The van der Waals surface area contributed by atoms with Gasteiger partial charge in [-0.25, -0.2) is 8.42 Å². The second-order valence-electron chi connectivity index (χ2n) is 5.69. The monoisotopic (exact) mass is 339 g/mol. The highest BCUT2D eigenvalue weighted by Gasteiger charge is 2.19. The number of nitrogens with one attached hydrogen (secondary N) is 1. The van der Waals surface area contributed by atoms with Crippen LogP contribution in [0.2, 0.25) is 0 Å². The Morgan fingerprint density at radius 2 is 1.67 bits per heavy atom. The fraction of sp³-hybridized carbons (Fsp3) is 0.105. The topological polar surface area (TPSA) is 63.2 Å². The summed E-state index contributed by atoms with van der Waals surface area (Å²) in [5, 5.41) is 4.42. The molecule has 0 unspecified atom stereocenters. The van der Waals surface area contributed by atoms with Crippen molar-refractivity contribution in [2.24, 2.45) is 0 Å². The maximum Gasteiger partial charge on any atom is 0.239 e. The van der Waals surface area contributed by atoms with Gasteiger partial charge in [0, 0.05) is 5.69 Å². The van der Waals surface area contributed by atoms with Crippen molar-refractivity contribution in [3.63, 3.8) is 0 Å². The summed E-state index contributed by atoms with van der Waals surface area (Å²) in [6, 6.07) is 19.6. The van der Waals surface area contributed by atoms with Crippen molar-refractivity contribution in [3.05, 3.63) is 72.3 Å². The Hall–Kier alpha value is -2.66. The minimum absolute atomic E-state index is 0.153. The number of rotatable bonds is 4. The normalized spacial score (nSPS) is 11.4. The van der Waals surface area contributed by atoms with Crippen molar-refractivity contribution in [3.8, 4) is 0 Å². The van der Waals surface area contributed by atoms with E-state index in [0.29, 0.717) is 5.69 Å². The van der Waals surface area contributed by atoms with Gasteiger partial charge in [-0.3, -0.25) is 4.79 Å². The summed E-state index contributed by atoms with van der Waals surface area (Å²) >= 11 is 0. The summed E-state index contributed by atoms with van der Waals surface area (Å²) in [6.45, 7) is 1.90. The second kappa shape index (κ2) is 6.45. The van der Waals surface area contributed by atoms with E-state index >= 15 is 0 Å². The number of carbonyl (C=O) groups is 1. The van der Waals surface area contributed by atoms with Gasteiger partial charge < -0.3 is 5.32 Å². The molecule has 0 aliphatic carbocycles. The van der Waals surface area contributed by atoms with Crippen LogP contribution in [0.3, 0.4) is 0 Å². The summed E-state index contributed by atoms with van der Waals surface area (Å²) in [6.07, 6.45) is 0. The number of aryl methyl sites for hydroxylation is 1.